The summed E-state index contributed by atoms with van der Waals surface area (Å²) >= 11 is 0. The molecule has 1 heterocycles. The lowest BCUT2D eigenvalue weighted by Crippen LogP contribution is -2.55. The molecule has 1 saturated heterocycles. The summed E-state index contributed by atoms with van der Waals surface area (Å²) in [5.41, 5.74) is 0.956. The van der Waals surface area contributed by atoms with Crippen molar-refractivity contribution in [1.29, 1.82) is 0 Å². The van der Waals surface area contributed by atoms with Crippen molar-refractivity contribution in [3.8, 4) is 0 Å². The van der Waals surface area contributed by atoms with Gasteiger partial charge in [0.15, 0.2) is 0 Å². The predicted molar refractivity (Wildman–Crippen MR) is 82.3 cm³/mol. The van der Waals surface area contributed by atoms with Gasteiger partial charge in [-0.2, -0.15) is 0 Å². The van der Waals surface area contributed by atoms with Crippen LogP contribution in [0.3, 0.4) is 0 Å². The molecule has 0 saturated carbocycles. The Morgan fingerprint density at radius 1 is 1.38 bits per heavy atom. The molecule has 5 heteroatoms. The predicted octanol–water partition coefficient (Wildman–Crippen LogP) is 0.639. The van der Waals surface area contributed by atoms with Gasteiger partial charge < -0.3 is 20.0 Å². The zero-order chi connectivity index (χ0) is 15.6. The molecule has 0 unspecified atom stereocenters. The van der Waals surface area contributed by atoms with Gasteiger partial charge in [0.05, 0.1) is 18.1 Å². The highest BCUT2D eigenvalue weighted by atomic mass is 16.3. The van der Waals surface area contributed by atoms with Crippen molar-refractivity contribution in [2.45, 2.75) is 31.5 Å². The molecule has 21 heavy (non-hydrogen) atoms. The summed E-state index contributed by atoms with van der Waals surface area (Å²) < 4.78 is 0. The number of aliphatic hydroxyl groups excluding tert-OH is 1. The minimum absolute atomic E-state index is 0.0119. The van der Waals surface area contributed by atoms with Crippen molar-refractivity contribution in [2.24, 2.45) is 0 Å². The van der Waals surface area contributed by atoms with Gasteiger partial charge in [-0.1, -0.05) is 12.1 Å². The van der Waals surface area contributed by atoms with Gasteiger partial charge in [0.1, 0.15) is 0 Å². The summed E-state index contributed by atoms with van der Waals surface area (Å²) in [6, 6.07) is 7.87. The van der Waals surface area contributed by atoms with E-state index in [0.29, 0.717) is 19.4 Å². The van der Waals surface area contributed by atoms with Crippen LogP contribution in [0.15, 0.2) is 24.3 Å². The standard InChI is InChI=1S/C16H24N2O3/c1-16(21)8-9-18(11-14(16)19)15(20)10-12-4-6-13(7-5-12)17(2)3/h4-7,14,19,21H,8-11H2,1-3H3/t14-,16-/m1/s1. The fourth-order valence-electron chi connectivity index (χ4n) is 2.45. The lowest BCUT2D eigenvalue weighted by Gasteiger charge is -2.40. The van der Waals surface area contributed by atoms with Crippen LogP contribution in [0.25, 0.3) is 0 Å². The molecule has 0 aliphatic carbocycles. The van der Waals surface area contributed by atoms with E-state index in [4.69, 9.17) is 0 Å². The molecule has 2 rings (SSSR count). The quantitative estimate of drug-likeness (QED) is 0.858. The Morgan fingerprint density at radius 3 is 2.52 bits per heavy atom. The topological polar surface area (TPSA) is 64.0 Å². The van der Waals surface area contributed by atoms with Crippen LogP contribution in [0.1, 0.15) is 18.9 Å². The molecule has 1 amide bonds. The molecular formula is C16H24N2O3. The Morgan fingerprint density at radius 2 is 2.00 bits per heavy atom. The zero-order valence-corrected chi connectivity index (χ0v) is 12.9. The van der Waals surface area contributed by atoms with Gasteiger partial charge in [0, 0.05) is 32.9 Å². The van der Waals surface area contributed by atoms with Crippen molar-refractivity contribution < 1.29 is 15.0 Å². The van der Waals surface area contributed by atoms with E-state index in [1.807, 2.05) is 43.3 Å². The van der Waals surface area contributed by atoms with Gasteiger partial charge in [-0.3, -0.25) is 4.79 Å². The molecule has 1 aromatic carbocycles. The molecule has 1 aliphatic rings. The first-order valence-electron chi connectivity index (χ1n) is 7.24. The molecule has 1 aliphatic heterocycles. The molecule has 1 aromatic rings. The summed E-state index contributed by atoms with van der Waals surface area (Å²) in [7, 11) is 3.95. The Balaban J connectivity index is 1.96. The molecule has 116 valence electrons. The van der Waals surface area contributed by atoms with E-state index < -0.39 is 11.7 Å². The number of hydrogen-bond acceptors (Lipinski definition) is 4. The Labute approximate surface area is 125 Å². The SMILES string of the molecule is CN(C)c1ccc(CC(=O)N2CC[C@@](C)(O)[C@H](O)C2)cc1. The van der Waals surface area contributed by atoms with Gasteiger partial charge in [-0.25, -0.2) is 0 Å². The number of carbonyl (C=O) groups excluding carboxylic acids is 1. The number of rotatable bonds is 3. The molecule has 0 bridgehead atoms. The molecule has 2 N–H and O–H groups in total. The first-order valence-corrected chi connectivity index (χ1v) is 7.24. The molecule has 0 radical (unpaired) electrons. The first kappa shape index (κ1) is 15.8. The molecule has 0 aromatic heterocycles. The molecule has 1 fully saturated rings. The van der Waals surface area contributed by atoms with E-state index in [2.05, 4.69) is 0 Å². The first-order chi connectivity index (χ1) is 9.79. The van der Waals surface area contributed by atoms with Gasteiger partial charge >= 0.3 is 0 Å². The average molecular weight is 292 g/mol. The Hall–Kier alpha value is -1.59. The summed E-state index contributed by atoms with van der Waals surface area (Å²) in [5.74, 6) is -0.0119. The second-order valence-corrected chi connectivity index (χ2v) is 6.20. The van der Waals surface area contributed by atoms with Gasteiger partial charge in [0.2, 0.25) is 5.91 Å². The maximum atomic E-state index is 12.3. The zero-order valence-electron chi connectivity index (χ0n) is 12.9. The highest BCUT2D eigenvalue weighted by Crippen LogP contribution is 2.22. The third-order valence-corrected chi connectivity index (χ3v) is 4.16. The fourth-order valence-corrected chi connectivity index (χ4v) is 2.45. The molecule has 0 spiro atoms. The van der Waals surface area contributed by atoms with Gasteiger partial charge in [0.25, 0.3) is 0 Å². The van der Waals surface area contributed by atoms with Crippen LogP contribution in [-0.2, 0) is 11.2 Å². The third kappa shape index (κ3) is 3.74. The van der Waals surface area contributed by atoms with Gasteiger partial charge in [-0.15, -0.1) is 0 Å². The van der Waals surface area contributed by atoms with Crippen LogP contribution in [0.2, 0.25) is 0 Å². The Kier molecular flexibility index (Phi) is 4.54. The number of carbonyl (C=O) groups is 1. The highest BCUT2D eigenvalue weighted by Gasteiger charge is 2.37. The Bertz CT molecular complexity index is 497. The maximum absolute atomic E-state index is 12.3. The lowest BCUT2D eigenvalue weighted by atomic mass is 9.90. The van der Waals surface area contributed by atoms with Crippen molar-refractivity contribution >= 4 is 11.6 Å². The normalized spacial score (nSPS) is 25.8. The van der Waals surface area contributed by atoms with E-state index >= 15 is 0 Å². The number of anilines is 1. The monoisotopic (exact) mass is 292 g/mol. The van der Waals surface area contributed by atoms with Crippen LogP contribution < -0.4 is 4.90 Å². The van der Waals surface area contributed by atoms with Crippen molar-refractivity contribution in [1.82, 2.24) is 4.90 Å². The second kappa shape index (κ2) is 6.03. The van der Waals surface area contributed by atoms with E-state index in [-0.39, 0.29) is 12.5 Å². The smallest absolute Gasteiger partial charge is 0.227 e. The summed E-state index contributed by atoms with van der Waals surface area (Å²) in [6.45, 7) is 2.29. The van der Waals surface area contributed by atoms with Crippen LogP contribution in [-0.4, -0.2) is 59.9 Å². The summed E-state index contributed by atoms with van der Waals surface area (Å²) in [5, 5.41) is 19.8. The number of nitrogens with zero attached hydrogens (tertiary/aromatic N) is 2. The van der Waals surface area contributed by atoms with Crippen LogP contribution in [0.4, 0.5) is 5.69 Å². The summed E-state index contributed by atoms with van der Waals surface area (Å²) in [4.78, 5) is 15.9. The molecule has 5 nitrogen and oxygen atoms in total. The third-order valence-electron chi connectivity index (χ3n) is 4.16. The van der Waals surface area contributed by atoms with Crippen LogP contribution in [0, 0.1) is 0 Å². The van der Waals surface area contributed by atoms with Gasteiger partial charge in [-0.05, 0) is 31.0 Å². The van der Waals surface area contributed by atoms with Crippen LogP contribution >= 0.6 is 0 Å². The van der Waals surface area contributed by atoms with E-state index in [1.165, 1.54) is 0 Å². The van der Waals surface area contributed by atoms with E-state index in [9.17, 15) is 15.0 Å². The fraction of sp³-hybridized carbons (Fsp3) is 0.562. The van der Waals surface area contributed by atoms with E-state index in [0.717, 1.165) is 11.3 Å². The lowest BCUT2D eigenvalue weighted by molar-refractivity contribution is -0.145. The van der Waals surface area contributed by atoms with Crippen molar-refractivity contribution in [3.05, 3.63) is 29.8 Å². The number of benzene rings is 1. The number of β-amino-alcohol motifs (C(OH)–C–C–N with tert-alkyl or cyclic N) is 1. The summed E-state index contributed by atoms with van der Waals surface area (Å²) in [6.07, 6.45) is -0.159. The average Bonchev–Trinajstić information content (AvgIpc) is 2.42. The van der Waals surface area contributed by atoms with E-state index in [1.54, 1.807) is 11.8 Å². The largest absolute Gasteiger partial charge is 0.388 e. The molecule has 2 atom stereocenters. The second-order valence-electron chi connectivity index (χ2n) is 6.20. The number of hydrogen-bond donors (Lipinski definition) is 2. The number of likely N-dealkylation sites (tertiary alicyclic amines) is 1. The van der Waals surface area contributed by atoms with Crippen molar-refractivity contribution in [3.63, 3.8) is 0 Å². The highest BCUT2D eigenvalue weighted by molar-refractivity contribution is 5.79. The number of aliphatic hydroxyl groups is 2. The molecular weight excluding hydrogens is 268 g/mol. The van der Waals surface area contributed by atoms with Crippen LogP contribution in [0.5, 0.6) is 0 Å². The maximum Gasteiger partial charge on any atom is 0.227 e. The minimum Gasteiger partial charge on any atom is -0.388 e. The number of piperidine rings is 1. The number of amides is 1. The van der Waals surface area contributed by atoms with Crippen molar-refractivity contribution in [2.75, 3.05) is 32.1 Å². The minimum atomic E-state index is -1.09.